The smallest absolute Gasteiger partial charge is 0.411 e. The highest BCUT2D eigenvalue weighted by atomic mass is 16.6. The fourth-order valence-electron chi connectivity index (χ4n) is 3.19. The Balaban J connectivity index is 1.66. The minimum atomic E-state index is -0.511. The molecule has 5 heteroatoms. The number of ether oxygens (including phenoxy) is 1. The van der Waals surface area contributed by atoms with Crippen LogP contribution in [0.3, 0.4) is 0 Å². The van der Waals surface area contributed by atoms with Gasteiger partial charge < -0.3 is 10.1 Å². The van der Waals surface area contributed by atoms with E-state index in [0.717, 1.165) is 24.8 Å². The lowest BCUT2D eigenvalue weighted by Gasteiger charge is -2.43. The van der Waals surface area contributed by atoms with Crippen LogP contribution in [0.5, 0.6) is 0 Å². The maximum atomic E-state index is 12.4. The van der Waals surface area contributed by atoms with Crippen molar-refractivity contribution in [2.75, 3.05) is 6.54 Å². The average molecular weight is 288 g/mol. The van der Waals surface area contributed by atoms with Crippen molar-refractivity contribution >= 4 is 12.0 Å². The predicted octanol–water partition coefficient (Wildman–Crippen LogP) is 2.42. The second-order valence-electron chi connectivity index (χ2n) is 5.73. The molecule has 0 bridgehead atoms. The lowest BCUT2D eigenvalue weighted by Crippen LogP contribution is -2.60. The lowest BCUT2D eigenvalue weighted by molar-refractivity contribution is -0.121. The SMILES string of the molecule is O=C1CC[C@@]2(CCCCN2C(=O)OCc2ccccc2)N1. The van der Waals surface area contributed by atoms with E-state index < -0.39 is 5.66 Å². The third-order valence-electron chi connectivity index (χ3n) is 4.30. The molecule has 0 saturated carbocycles. The van der Waals surface area contributed by atoms with Crippen LogP contribution in [0.15, 0.2) is 30.3 Å². The zero-order valence-electron chi connectivity index (χ0n) is 12.0. The molecule has 1 aromatic carbocycles. The zero-order chi connectivity index (χ0) is 14.7. The lowest BCUT2D eigenvalue weighted by atomic mass is 9.94. The van der Waals surface area contributed by atoms with Gasteiger partial charge in [0.05, 0.1) is 0 Å². The maximum absolute atomic E-state index is 12.4. The molecule has 112 valence electrons. The number of likely N-dealkylation sites (tertiary alicyclic amines) is 1. The maximum Gasteiger partial charge on any atom is 0.411 e. The molecule has 1 N–H and O–H groups in total. The van der Waals surface area contributed by atoms with Crippen molar-refractivity contribution in [3.63, 3.8) is 0 Å². The van der Waals surface area contributed by atoms with Crippen molar-refractivity contribution in [3.8, 4) is 0 Å². The van der Waals surface area contributed by atoms with Crippen molar-refractivity contribution in [1.82, 2.24) is 10.2 Å². The molecule has 2 heterocycles. The second kappa shape index (κ2) is 5.76. The van der Waals surface area contributed by atoms with E-state index in [0.29, 0.717) is 19.4 Å². The standard InChI is InChI=1S/C16H20N2O3/c19-14-8-10-16(17-14)9-4-5-11-18(16)15(20)21-12-13-6-2-1-3-7-13/h1-3,6-7H,4-5,8-12H2,(H,17,19)/t16-/m0/s1. The quantitative estimate of drug-likeness (QED) is 0.909. The van der Waals surface area contributed by atoms with Crippen LogP contribution in [0.4, 0.5) is 4.79 Å². The Morgan fingerprint density at radius 2 is 2.05 bits per heavy atom. The van der Waals surface area contributed by atoms with Crippen LogP contribution in [0.1, 0.15) is 37.7 Å². The molecule has 2 saturated heterocycles. The number of benzene rings is 1. The van der Waals surface area contributed by atoms with E-state index in [1.165, 1.54) is 0 Å². The molecule has 0 aliphatic carbocycles. The molecular weight excluding hydrogens is 268 g/mol. The van der Waals surface area contributed by atoms with Crippen molar-refractivity contribution in [2.24, 2.45) is 0 Å². The van der Waals surface area contributed by atoms with E-state index in [1.54, 1.807) is 4.90 Å². The summed E-state index contributed by atoms with van der Waals surface area (Å²) in [6, 6.07) is 9.62. The van der Waals surface area contributed by atoms with Crippen LogP contribution in [-0.2, 0) is 16.1 Å². The predicted molar refractivity (Wildman–Crippen MR) is 77.3 cm³/mol. The number of amides is 2. The van der Waals surface area contributed by atoms with Crippen molar-refractivity contribution < 1.29 is 14.3 Å². The van der Waals surface area contributed by atoms with Crippen molar-refractivity contribution in [3.05, 3.63) is 35.9 Å². The van der Waals surface area contributed by atoms with Crippen LogP contribution in [0.25, 0.3) is 0 Å². The Kier molecular flexibility index (Phi) is 3.82. The van der Waals surface area contributed by atoms with Gasteiger partial charge in [-0.15, -0.1) is 0 Å². The van der Waals surface area contributed by atoms with Gasteiger partial charge in [-0.05, 0) is 31.2 Å². The minimum Gasteiger partial charge on any atom is -0.444 e. The van der Waals surface area contributed by atoms with E-state index >= 15 is 0 Å². The first-order chi connectivity index (χ1) is 10.2. The number of carbonyl (C=O) groups excluding carboxylic acids is 2. The molecule has 1 spiro atoms. The molecule has 2 fully saturated rings. The largest absolute Gasteiger partial charge is 0.444 e. The fraction of sp³-hybridized carbons (Fsp3) is 0.500. The number of piperidine rings is 1. The topological polar surface area (TPSA) is 58.6 Å². The normalized spacial score (nSPS) is 25.0. The Morgan fingerprint density at radius 3 is 2.76 bits per heavy atom. The fourth-order valence-corrected chi connectivity index (χ4v) is 3.19. The monoisotopic (exact) mass is 288 g/mol. The third-order valence-corrected chi connectivity index (χ3v) is 4.30. The molecule has 0 unspecified atom stereocenters. The van der Waals surface area contributed by atoms with Crippen LogP contribution in [0.2, 0.25) is 0 Å². The molecule has 1 atom stereocenters. The van der Waals surface area contributed by atoms with Gasteiger partial charge in [0.2, 0.25) is 5.91 Å². The zero-order valence-corrected chi connectivity index (χ0v) is 12.0. The molecule has 2 amide bonds. The van der Waals surface area contributed by atoms with Gasteiger partial charge in [-0.3, -0.25) is 9.69 Å². The summed E-state index contributed by atoms with van der Waals surface area (Å²) in [6.07, 6.45) is 3.65. The number of hydrogen-bond donors (Lipinski definition) is 1. The van der Waals surface area contributed by atoms with E-state index in [4.69, 9.17) is 4.74 Å². The molecule has 0 radical (unpaired) electrons. The number of rotatable bonds is 2. The van der Waals surface area contributed by atoms with Crippen molar-refractivity contribution in [2.45, 2.75) is 44.4 Å². The highest BCUT2D eigenvalue weighted by Gasteiger charge is 2.47. The Labute approximate surface area is 124 Å². The van der Waals surface area contributed by atoms with Gasteiger partial charge in [0.15, 0.2) is 0 Å². The number of nitrogens with one attached hydrogen (secondary N) is 1. The van der Waals surface area contributed by atoms with Crippen LogP contribution >= 0.6 is 0 Å². The number of carbonyl (C=O) groups is 2. The van der Waals surface area contributed by atoms with Gasteiger partial charge in [-0.1, -0.05) is 30.3 Å². The summed E-state index contributed by atoms with van der Waals surface area (Å²) in [4.78, 5) is 25.7. The molecule has 2 aliphatic rings. The molecule has 21 heavy (non-hydrogen) atoms. The highest BCUT2D eigenvalue weighted by molar-refractivity contribution is 5.81. The molecule has 1 aromatic rings. The summed E-state index contributed by atoms with van der Waals surface area (Å²) in [5.41, 5.74) is 0.454. The van der Waals surface area contributed by atoms with Gasteiger partial charge in [-0.25, -0.2) is 4.79 Å². The summed E-state index contributed by atoms with van der Waals surface area (Å²) in [6.45, 7) is 0.911. The minimum absolute atomic E-state index is 0.0257. The Bertz CT molecular complexity index is 532. The summed E-state index contributed by atoms with van der Waals surface area (Å²) >= 11 is 0. The van der Waals surface area contributed by atoms with Crippen LogP contribution < -0.4 is 5.32 Å². The number of nitrogens with zero attached hydrogens (tertiary/aromatic N) is 1. The van der Waals surface area contributed by atoms with Gasteiger partial charge in [0.1, 0.15) is 12.3 Å². The summed E-state index contributed by atoms with van der Waals surface area (Å²) in [5, 5.41) is 2.98. The van der Waals surface area contributed by atoms with E-state index in [2.05, 4.69) is 5.32 Å². The summed E-state index contributed by atoms with van der Waals surface area (Å²) in [5.74, 6) is 0.0257. The molecule has 2 aliphatic heterocycles. The summed E-state index contributed by atoms with van der Waals surface area (Å²) in [7, 11) is 0. The van der Waals surface area contributed by atoms with Gasteiger partial charge in [0, 0.05) is 13.0 Å². The first-order valence-corrected chi connectivity index (χ1v) is 7.49. The van der Waals surface area contributed by atoms with Gasteiger partial charge >= 0.3 is 6.09 Å². The average Bonchev–Trinajstić information content (AvgIpc) is 2.87. The Morgan fingerprint density at radius 1 is 1.24 bits per heavy atom. The Hall–Kier alpha value is -2.04. The molecule has 0 aromatic heterocycles. The number of hydrogen-bond acceptors (Lipinski definition) is 3. The first-order valence-electron chi connectivity index (χ1n) is 7.49. The van der Waals surface area contributed by atoms with Crippen LogP contribution in [0, 0.1) is 0 Å². The van der Waals surface area contributed by atoms with E-state index in [1.807, 2.05) is 30.3 Å². The van der Waals surface area contributed by atoms with Gasteiger partial charge in [0.25, 0.3) is 0 Å². The van der Waals surface area contributed by atoms with E-state index in [9.17, 15) is 9.59 Å². The first kappa shape index (κ1) is 13.9. The molecule has 3 rings (SSSR count). The van der Waals surface area contributed by atoms with Gasteiger partial charge in [-0.2, -0.15) is 0 Å². The van der Waals surface area contributed by atoms with Crippen molar-refractivity contribution in [1.29, 1.82) is 0 Å². The second-order valence-corrected chi connectivity index (χ2v) is 5.73. The van der Waals surface area contributed by atoms with Crippen LogP contribution in [-0.4, -0.2) is 29.1 Å². The molecular formula is C16H20N2O3. The summed E-state index contributed by atoms with van der Waals surface area (Å²) < 4.78 is 5.43. The highest BCUT2D eigenvalue weighted by Crippen LogP contribution is 2.34. The van der Waals surface area contributed by atoms with E-state index in [-0.39, 0.29) is 18.6 Å². The molecule has 5 nitrogen and oxygen atoms in total. The third kappa shape index (κ3) is 2.86.